The number of ether oxygens (including phenoxy) is 2. The number of anilines is 1. The molecular formula is C25H27Cl3N4O4. The second-order valence-electron chi connectivity index (χ2n) is 9.15. The topological polar surface area (TPSA) is 83.1 Å². The van der Waals surface area contributed by atoms with E-state index in [1.54, 1.807) is 24.3 Å². The Hall–Kier alpha value is -2.23. The number of hydrogen-bond donors (Lipinski definition) is 2. The van der Waals surface area contributed by atoms with Gasteiger partial charge in [-0.05, 0) is 24.3 Å². The summed E-state index contributed by atoms with van der Waals surface area (Å²) >= 11 is 18.6. The number of hydrogen-bond acceptors (Lipinski definition) is 6. The van der Waals surface area contributed by atoms with E-state index in [-0.39, 0.29) is 17.4 Å². The van der Waals surface area contributed by atoms with Crippen LogP contribution in [0.5, 0.6) is 5.75 Å². The number of nitrogens with zero attached hydrogens (tertiary/aromatic N) is 2. The highest BCUT2D eigenvalue weighted by molar-refractivity contribution is 6.39. The van der Waals surface area contributed by atoms with Crippen LogP contribution in [0.4, 0.5) is 5.69 Å². The Morgan fingerprint density at radius 2 is 1.75 bits per heavy atom. The molecule has 11 heteroatoms. The Labute approximate surface area is 224 Å². The van der Waals surface area contributed by atoms with E-state index in [2.05, 4.69) is 20.4 Å². The molecule has 0 unspecified atom stereocenters. The van der Waals surface area contributed by atoms with Crippen LogP contribution < -0.4 is 20.3 Å². The third-order valence-electron chi connectivity index (χ3n) is 6.84. The van der Waals surface area contributed by atoms with Crippen molar-refractivity contribution < 1.29 is 19.1 Å². The smallest absolute Gasteiger partial charge is 0.258 e. The minimum absolute atomic E-state index is 0.175. The summed E-state index contributed by atoms with van der Waals surface area (Å²) in [5.74, 6) is 0.112. The number of morpholine rings is 1. The molecule has 0 radical (unpaired) electrons. The molecule has 3 heterocycles. The molecule has 5 rings (SSSR count). The van der Waals surface area contributed by atoms with E-state index in [9.17, 15) is 9.59 Å². The lowest BCUT2D eigenvalue weighted by Gasteiger charge is -2.45. The molecule has 0 aromatic heterocycles. The summed E-state index contributed by atoms with van der Waals surface area (Å²) in [6.07, 6.45) is 1.24. The third-order valence-corrected chi connectivity index (χ3v) is 7.68. The zero-order valence-corrected chi connectivity index (χ0v) is 21.9. The number of fused-ring (bicyclic) bond motifs is 1. The molecule has 0 aliphatic carbocycles. The Balaban J connectivity index is 1.21. The largest absolute Gasteiger partial charge is 0.465 e. The number of nitrogens with one attached hydrogen (secondary N) is 2. The van der Waals surface area contributed by atoms with E-state index < -0.39 is 5.72 Å². The summed E-state index contributed by atoms with van der Waals surface area (Å²) in [6.45, 7) is 5.18. The molecule has 2 N–H and O–H groups in total. The lowest BCUT2D eigenvalue weighted by atomic mass is 9.96. The van der Waals surface area contributed by atoms with Gasteiger partial charge in [-0.25, -0.2) is 0 Å². The standard InChI is InChI=1S/C25H27Cl3N4O4/c26-16-14-17-22(20(15-16)32-10-12-35-13-11-32)36-25(30-23(17)33)4-7-31(8-5-25)9-6-29-24(34)21-18(27)2-1-3-19(21)28/h1-3,14-15H,4-13H2,(H,29,34)(H,30,33). The maximum absolute atomic E-state index is 13.1. The van der Waals surface area contributed by atoms with Crippen LogP contribution in [-0.4, -0.2) is 74.9 Å². The molecule has 2 saturated heterocycles. The zero-order chi connectivity index (χ0) is 25.3. The van der Waals surface area contributed by atoms with Crippen molar-refractivity contribution >= 4 is 52.3 Å². The predicted octanol–water partition coefficient (Wildman–Crippen LogP) is 3.83. The molecule has 0 bridgehead atoms. The van der Waals surface area contributed by atoms with Crippen LogP contribution in [0.1, 0.15) is 33.6 Å². The van der Waals surface area contributed by atoms with Crippen molar-refractivity contribution in [2.75, 3.05) is 57.4 Å². The average Bonchev–Trinajstić information content (AvgIpc) is 2.86. The number of piperidine rings is 1. The molecule has 2 fully saturated rings. The first-order valence-corrected chi connectivity index (χ1v) is 13.1. The van der Waals surface area contributed by atoms with Crippen LogP contribution in [0.2, 0.25) is 15.1 Å². The lowest BCUT2D eigenvalue weighted by molar-refractivity contribution is -0.0283. The maximum atomic E-state index is 13.1. The first-order valence-electron chi connectivity index (χ1n) is 12.0. The number of carbonyl (C=O) groups excluding carboxylic acids is 2. The molecule has 3 aliphatic rings. The summed E-state index contributed by atoms with van der Waals surface area (Å²) in [4.78, 5) is 30.0. The van der Waals surface area contributed by atoms with E-state index in [1.807, 2.05) is 6.07 Å². The highest BCUT2D eigenvalue weighted by Crippen LogP contribution is 2.42. The summed E-state index contributed by atoms with van der Waals surface area (Å²) in [7, 11) is 0. The summed E-state index contributed by atoms with van der Waals surface area (Å²) in [5.41, 5.74) is 0.798. The Morgan fingerprint density at radius 1 is 1.06 bits per heavy atom. The molecular weight excluding hydrogens is 527 g/mol. The van der Waals surface area contributed by atoms with Gasteiger partial charge in [-0.15, -0.1) is 0 Å². The number of halogens is 3. The van der Waals surface area contributed by atoms with Crippen LogP contribution in [-0.2, 0) is 4.74 Å². The summed E-state index contributed by atoms with van der Waals surface area (Å²) in [6, 6.07) is 8.50. The number of carbonyl (C=O) groups is 2. The van der Waals surface area contributed by atoms with E-state index in [0.717, 1.165) is 5.69 Å². The molecule has 0 atom stereocenters. The minimum atomic E-state index is -0.774. The fraction of sp³-hybridized carbons (Fsp3) is 0.440. The van der Waals surface area contributed by atoms with E-state index in [1.165, 1.54) is 0 Å². The van der Waals surface area contributed by atoms with Crippen LogP contribution >= 0.6 is 34.8 Å². The molecule has 192 valence electrons. The van der Waals surface area contributed by atoms with Crippen molar-refractivity contribution in [2.24, 2.45) is 0 Å². The van der Waals surface area contributed by atoms with Gasteiger partial charge in [0.15, 0.2) is 11.5 Å². The van der Waals surface area contributed by atoms with Gasteiger partial charge in [-0.1, -0.05) is 40.9 Å². The van der Waals surface area contributed by atoms with Crippen molar-refractivity contribution in [3.8, 4) is 5.75 Å². The van der Waals surface area contributed by atoms with E-state index >= 15 is 0 Å². The third kappa shape index (κ3) is 5.24. The van der Waals surface area contributed by atoms with Crippen molar-refractivity contribution in [2.45, 2.75) is 18.6 Å². The summed E-state index contributed by atoms with van der Waals surface area (Å²) < 4.78 is 12.0. The van der Waals surface area contributed by atoms with Gasteiger partial charge in [0.2, 0.25) is 0 Å². The SMILES string of the molecule is O=C1NC2(CCN(CCNC(=O)c3c(Cl)cccc3Cl)CC2)Oc2c1cc(Cl)cc2N1CCOCC1. The quantitative estimate of drug-likeness (QED) is 0.586. The molecule has 36 heavy (non-hydrogen) atoms. The average molecular weight is 554 g/mol. The monoisotopic (exact) mass is 552 g/mol. The molecule has 3 aliphatic heterocycles. The molecule has 1 spiro atoms. The molecule has 2 aromatic carbocycles. The first-order chi connectivity index (χ1) is 17.3. The highest BCUT2D eigenvalue weighted by atomic mass is 35.5. The van der Waals surface area contributed by atoms with Gasteiger partial charge in [-0.3, -0.25) is 9.59 Å². The lowest BCUT2D eigenvalue weighted by Crippen LogP contribution is -2.61. The van der Waals surface area contributed by atoms with Gasteiger partial charge in [-0.2, -0.15) is 0 Å². The number of rotatable bonds is 5. The first kappa shape index (κ1) is 25.4. The Morgan fingerprint density at radius 3 is 2.44 bits per heavy atom. The molecule has 2 aromatic rings. The maximum Gasteiger partial charge on any atom is 0.258 e. The molecule has 2 amide bonds. The number of amides is 2. The van der Waals surface area contributed by atoms with Crippen molar-refractivity contribution in [3.63, 3.8) is 0 Å². The zero-order valence-electron chi connectivity index (χ0n) is 19.6. The van der Waals surface area contributed by atoms with E-state index in [4.69, 9.17) is 44.3 Å². The van der Waals surface area contributed by atoms with Crippen LogP contribution in [0.3, 0.4) is 0 Å². The van der Waals surface area contributed by atoms with Crippen LogP contribution in [0, 0.1) is 0 Å². The minimum Gasteiger partial charge on any atom is -0.465 e. The van der Waals surface area contributed by atoms with Gasteiger partial charge >= 0.3 is 0 Å². The van der Waals surface area contributed by atoms with Crippen LogP contribution in [0.25, 0.3) is 0 Å². The van der Waals surface area contributed by atoms with Crippen LogP contribution in [0.15, 0.2) is 30.3 Å². The van der Waals surface area contributed by atoms with Gasteiger partial charge in [0.05, 0.1) is 40.1 Å². The van der Waals surface area contributed by atoms with Gasteiger partial charge in [0.25, 0.3) is 11.8 Å². The Kier molecular flexibility index (Phi) is 7.51. The van der Waals surface area contributed by atoms with Gasteiger partial charge in [0.1, 0.15) is 0 Å². The second-order valence-corrected chi connectivity index (χ2v) is 10.4. The Bertz CT molecular complexity index is 1140. The highest BCUT2D eigenvalue weighted by Gasteiger charge is 2.44. The fourth-order valence-electron chi connectivity index (χ4n) is 4.89. The predicted molar refractivity (Wildman–Crippen MR) is 140 cm³/mol. The number of likely N-dealkylation sites (tertiary alicyclic amines) is 1. The van der Waals surface area contributed by atoms with Gasteiger partial charge < -0.3 is 29.9 Å². The number of benzene rings is 2. The second kappa shape index (κ2) is 10.6. The van der Waals surface area contributed by atoms with Crippen molar-refractivity contribution in [1.29, 1.82) is 0 Å². The normalized spacial score (nSPS) is 19.4. The molecule has 0 saturated carbocycles. The van der Waals surface area contributed by atoms with Crippen molar-refractivity contribution in [3.05, 3.63) is 56.5 Å². The summed E-state index contributed by atoms with van der Waals surface area (Å²) in [5, 5.41) is 7.12. The van der Waals surface area contributed by atoms with Gasteiger partial charge in [0, 0.05) is 57.1 Å². The fourth-order valence-corrected chi connectivity index (χ4v) is 5.67. The van der Waals surface area contributed by atoms with Crippen molar-refractivity contribution in [1.82, 2.24) is 15.5 Å². The molecule has 8 nitrogen and oxygen atoms in total. The van der Waals surface area contributed by atoms with E-state index in [0.29, 0.717) is 91.7 Å².